The normalized spacial score (nSPS) is 10.7. The van der Waals surface area contributed by atoms with Crippen molar-refractivity contribution in [3.05, 3.63) is 64.7 Å². The minimum atomic E-state index is -0.463. The molecule has 136 valence electrons. The van der Waals surface area contributed by atoms with Crippen LogP contribution in [0, 0.1) is 0 Å². The lowest BCUT2D eigenvalue weighted by Gasteiger charge is -2.11. The molecule has 0 aliphatic rings. The number of nitrogens with zero attached hydrogens (tertiary/aromatic N) is 1. The van der Waals surface area contributed by atoms with Gasteiger partial charge < -0.3 is 14.6 Å². The molecule has 0 fully saturated rings. The molecule has 0 bridgehead atoms. The zero-order valence-corrected chi connectivity index (χ0v) is 15.4. The summed E-state index contributed by atoms with van der Waals surface area (Å²) in [5, 5.41) is 10.6. The third-order valence-corrected chi connectivity index (χ3v) is 3.88. The minimum Gasteiger partial charge on any atom is -0.504 e. The summed E-state index contributed by atoms with van der Waals surface area (Å²) in [6, 6.07) is 8.20. The van der Waals surface area contributed by atoms with Gasteiger partial charge in [0.05, 0.1) is 30.0 Å². The monoisotopic (exact) mass is 373 g/mol. The maximum atomic E-state index is 11.7. The molecule has 0 unspecified atom stereocenters. The van der Waals surface area contributed by atoms with E-state index < -0.39 is 5.97 Å². The van der Waals surface area contributed by atoms with Crippen LogP contribution in [0.5, 0.6) is 11.5 Å². The Bertz CT molecular complexity index is 846. The fraction of sp³-hybridized carbons (Fsp3) is 0.200. The molecule has 6 heteroatoms. The van der Waals surface area contributed by atoms with Crippen LogP contribution in [0.25, 0.3) is 0 Å². The van der Waals surface area contributed by atoms with Gasteiger partial charge in [-0.05, 0) is 49.2 Å². The molecule has 1 N–H and O–H groups in total. The van der Waals surface area contributed by atoms with Crippen molar-refractivity contribution in [2.75, 3.05) is 13.7 Å². The number of esters is 1. The Morgan fingerprint density at radius 3 is 2.77 bits per heavy atom. The molecular formula is C20H20ClNO4. The largest absolute Gasteiger partial charge is 0.504 e. The Kier molecular flexibility index (Phi) is 6.81. The van der Waals surface area contributed by atoms with Crippen molar-refractivity contribution >= 4 is 29.5 Å². The Balaban J connectivity index is 2.41. The van der Waals surface area contributed by atoms with E-state index in [4.69, 9.17) is 21.1 Å². The summed E-state index contributed by atoms with van der Waals surface area (Å²) >= 11 is 6.15. The van der Waals surface area contributed by atoms with E-state index in [1.165, 1.54) is 7.11 Å². The first-order valence-electron chi connectivity index (χ1n) is 8.01. The van der Waals surface area contributed by atoms with Crippen molar-refractivity contribution < 1.29 is 19.4 Å². The zero-order chi connectivity index (χ0) is 19.1. The fourth-order valence-electron chi connectivity index (χ4n) is 2.34. The predicted octanol–water partition coefficient (Wildman–Crippen LogP) is 4.71. The second-order valence-electron chi connectivity index (χ2n) is 5.37. The van der Waals surface area contributed by atoms with Gasteiger partial charge in [0, 0.05) is 11.8 Å². The van der Waals surface area contributed by atoms with Crippen LogP contribution >= 0.6 is 11.6 Å². The first kappa shape index (κ1) is 19.5. The number of benzene rings is 2. The van der Waals surface area contributed by atoms with E-state index in [1.807, 2.05) is 6.92 Å². The van der Waals surface area contributed by atoms with Gasteiger partial charge in [-0.15, -0.1) is 6.58 Å². The SMILES string of the molecule is C=CCc1cc(C=Nc2cc(C(=O)OC)ccc2Cl)cc(OCC)c1O. The molecule has 0 atom stereocenters. The highest BCUT2D eigenvalue weighted by Crippen LogP contribution is 2.32. The van der Waals surface area contributed by atoms with Gasteiger partial charge in [-0.3, -0.25) is 4.99 Å². The van der Waals surface area contributed by atoms with Crippen LogP contribution in [-0.2, 0) is 11.2 Å². The summed E-state index contributed by atoms with van der Waals surface area (Å²) in [7, 11) is 1.31. The summed E-state index contributed by atoms with van der Waals surface area (Å²) in [4.78, 5) is 16.0. The molecule has 2 aromatic rings. The third kappa shape index (κ3) is 4.64. The number of halogens is 1. The number of phenolic OH excluding ortho intramolecular Hbond substituents is 1. The molecule has 0 spiro atoms. The van der Waals surface area contributed by atoms with E-state index in [-0.39, 0.29) is 5.75 Å². The van der Waals surface area contributed by atoms with E-state index in [0.29, 0.717) is 40.6 Å². The molecule has 2 rings (SSSR count). The standard InChI is InChI=1S/C20H20ClNO4/c1-4-6-14-9-13(10-18(19(14)23)26-5-2)12-22-17-11-15(20(24)25-3)7-8-16(17)21/h4,7-12,23H,1,5-6H2,2-3H3. The number of rotatable bonds is 7. The molecule has 0 amide bonds. The fourth-order valence-corrected chi connectivity index (χ4v) is 2.51. The summed E-state index contributed by atoms with van der Waals surface area (Å²) < 4.78 is 10.2. The highest BCUT2D eigenvalue weighted by molar-refractivity contribution is 6.33. The zero-order valence-electron chi connectivity index (χ0n) is 14.7. The minimum absolute atomic E-state index is 0.0922. The average molecular weight is 374 g/mol. The Hall–Kier alpha value is -2.79. The molecule has 0 saturated heterocycles. The number of carbonyl (C=O) groups is 1. The highest BCUT2D eigenvalue weighted by Gasteiger charge is 2.11. The number of hydrogen-bond donors (Lipinski definition) is 1. The summed E-state index contributed by atoms with van der Waals surface area (Å²) in [5.74, 6) is 0.00646. The van der Waals surface area contributed by atoms with Gasteiger partial charge in [0.2, 0.25) is 0 Å². The van der Waals surface area contributed by atoms with Crippen molar-refractivity contribution in [3.63, 3.8) is 0 Å². The van der Waals surface area contributed by atoms with Crippen LogP contribution < -0.4 is 4.74 Å². The lowest BCUT2D eigenvalue weighted by atomic mass is 10.1. The molecule has 0 radical (unpaired) electrons. The van der Waals surface area contributed by atoms with Crippen LogP contribution in [0.2, 0.25) is 5.02 Å². The van der Waals surface area contributed by atoms with Crippen LogP contribution in [0.15, 0.2) is 48.0 Å². The maximum Gasteiger partial charge on any atom is 0.337 e. The predicted molar refractivity (Wildman–Crippen MR) is 103 cm³/mol. The molecule has 26 heavy (non-hydrogen) atoms. The number of aliphatic imine (C=N–C) groups is 1. The number of allylic oxidation sites excluding steroid dienone is 1. The van der Waals surface area contributed by atoms with Crippen LogP contribution in [0.4, 0.5) is 5.69 Å². The van der Waals surface area contributed by atoms with E-state index in [9.17, 15) is 9.90 Å². The Morgan fingerprint density at radius 1 is 1.35 bits per heavy atom. The first-order valence-corrected chi connectivity index (χ1v) is 8.39. The molecule has 0 aromatic heterocycles. The first-order chi connectivity index (χ1) is 12.5. The van der Waals surface area contributed by atoms with Gasteiger partial charge in [0.25, 0.3) is 0 Å². The second-order valence-corrected chi connectivity index (χ2v) is 5.78. The second kappa shape index (κ2) is 9.06. The molecule has 2 aromatic carbocycles. The van der Waals surface area contributed by atoms with E-state index in [0.717, 1.165) is 5.56 Å². The number of carbonyl (C=O) groups excluding carboxylic acids is 1. The van der Waals surface area contributed by atoms with Gasteiger partial charge in [0.1, 0.15) is 0 Å². The number of ether oxygens (including phenoxy) is 2. The van der Waals surface area contributed by atoms with Gasteiger partial charge in [0.15, 0.2) is 11.5 Å². The highest BCUT2D eigenvalue weighted by atomic mass is 35.5. The van der Waals surface area contributed by atoms with Crippen molar-refractivity contribution in [1.29, 1.82) is 0 Å². The molecule has 0 aliphatic heterocycles. The molecule has 5 nitrogen and oxygen atoms in total. The molecule has 0 aliphatic carbocycles. The number of phenols is 1. The number of hydrogen-bond acceptors (Lipinski definition) is 5. The lowest BCUT2D eigenvalue weighted by Crippen LogP contribution is -2.00. The molecular weight excluding hydrogens is 354 g/mol. The molecule has 0 saturated carbocycles. The third-order valence-electron chi connectivity index (χ3n) is 3.56. The summed E-state index contributed by atoms with van der Waals surface area (Å²) in [6.07, 6.45) is 3.78. The number of methoxy groups -OCH3 is 1. The quantitative estimate of drug-likeness (QED) is 0.433. The smallest absolute Gasteiger partial charge is 0.337 e. The topological polar surface area (TPSA) is 68.1 Å². The maximum absolute atomic E-state index is 11.7. The van der Waals surface area contributed by atoms with E-state index in [2.05, 4.69) is 11.6 Å². The lowest BCUT2D eigenvalue weighted by molar-refractivity contribution is 0.0601. The van der Waals surface area contributed by atoms with Crippen LogP contribution in [0.1, 0.15) is 28.4 Å². The van der Waals surface area contributed by atoms with E-state index >= 15 is 0 Å². The van der Waals surface area contributed by atoms with Crippen molar-refractivity contribution in [1.82, 2.24) is 0 Å². The van der Waals surface area contributed by atoms with Crippen LogP contribution in [-0.4, -0.2) is 31.0 Å². The molecule has 0 heterocycles. The summed E-state index contributed by atoms with van der Waals surface area (Å²) in [6.45, 7) is 5.96. The summed E-state index contributed by atoms with van der Waals surface area (Å²) in [5.41, 5.74) is 2.20. The Morgan fingerprint density at radius 2 is 2.12 bits per heavy atom. The average Bonchev–Trinajstić information content (AvgIpc) is 2.64. The van der Waals surface area contributed by atoms with Crippen molar-refractivity contribution in [3.8, 4) is 11.5 Å². The van der Waals surface area contributed by atoms with Gasteiger partial charge in [-0.2, -0.15) is 0 Å². The van der Waals surface area contributed by atoms with E-state index in [1.54, 1.807) is 42.6 Å². The van der Waals surface area contributed by atoms with Gasteiger partial charge in [-0.1, -0.05) is 17.7 Å². The number of aromatic hydroxyl groups is 1. The van der Waals surface area contributed by atoms with Gasteiger partial charge >= 0.3 is 5.97 Å². The van der Waals surface area contributed by atoms with Gasteiger partial charge in [-0.25, -0.2) is 4.79 Å². The van der Waals surface area contributed by atoms with Crippen LogP contribution in [0.3, 0.4) is 0 Å². The Labute approximate surface area is 157 Å². The van der Waals surface area contributed by atoms with Crippen molar-refractivity contribution in [2.24, 2.45) is 4.99 Å². The van der Waals surface area contributed by atoms with Crippen molar-refractivity contribution in [2.45, 2.75) is 13.3 Å².